The first kappa shape index (κ1) is 14.5. The van der Waals surface area contributed by atoms with Crippen LogP contribution in [0.5, 0.6) is 0 Å². The first-order chi connectivity index (χ1) is 9.38. The molecule has 0 amide bonds. The third kappa shape index (κ3) is 6.07. The van der Waals surface area contributed by atoms with E-state index in [0.717, 1.165) is 10.9 Å². The number of hydrogen-bond acceptors (Lipinski definition) is 4. The quantitative estimate of drug-likeness (QED) is 0.628. The zero-order valence-corrected chi connectivity index (χ0v) is 11.1. The number of aromatic nitrogens is 4. The molecule has 0 radical (unpaired) electrons. The summed E-state index contributed by atoms with van der Waals surface area (Å²) in [6.07, 6.45) is 6.84. The Balaban J connectivity index is 0.000000158. The van der Waals surface area contributed by atoms with Gasteiger partial charge in [0.2, 0.25) is 0 Å². The van der Waals surface area contributed by atoms with E-state index in [1.165, 1.54) is 0 Å². The minimum Gasteiger partial charge on any atom is -0.301 e. The Labute approximate surface area is 112 Å². The van der Waals surface area contributed by atoms with Gasteiger partial charge in [0.05, 0.1) is 11.7 Å². The van der Waals surface area contributed by atoms with Crippen LogP contribution < -0.4 is 0 Å². The Morgan fingerprint density at radius 3 is 2.16 bits per heavy atom. The monoisotopic (exact) mass is 255 g/mol. The van der Waals surface area contributed by atoms with E-state index < -0.39 is 0 Å². The summed E-state index contributed by atoms with van der Waals surface area (Å²) >= 11 is 0. The van der Waals surface area contributed by atoms with Crippen LogP contribution >= 0.6 is 0 Å². The van der Waals surface area contributed by atoms with Gasteiger partial charge in [0.25, 0.3) is 0 Å². The summed E-state index contributed by atoms with van der Waals surface area (Å²) in [5.41, 5.74) is 1.09. The average Bonchev–Trinajstić information content (AvgIpc) is 2.98. The molecule has 1 N–H and O–H groups in total. The predicted molar refractivity (Wildman–Crippen MR) is 78.2 cm³/mol. The average molecular weight is 255 g/mol. The van der Waals surface area contributed by atoms with Gasteiger partial charge in [0.1, 0.15) is 0 Å². The van der Waals surface area contributed by atoms with Gasteiger partial charge in [-0.15, -0.1) is 0 Å². The maximum Gasteiger partial charge on any atom is 0.0650 e. The summed E-state index contributed by atoms with van der Waals surface area (Å²) in [6, 6.07) is 11.7. The van der Waals surface area contributed by atoms with Gasteiger partial charge in [-0.1, -0.05) is 18.2 Å². The maximum atomic E-state index is 3.88. The number of benzene rings is 1. The van der Waals surface area contributed by atoms with Crippen LogP contribution in [0.3, 0.4) is 0 Å². The molecule has 2 heterocycles. The molecule has 0 aliphatic rings. The minimum atomic E-state index is 1.09. The minimum absolute atomic E-state index is 1.09. The van der Waals surface area contributed by atoms with Gasteiger partial charge in [0.15, 0.2) is 0 Å². The maximum absolute atomic E-state index is 3.88. The molecular formula is C14H17N5. The fourth-order valence-electron chi connectivity index (χ4n) is 1.14. The molecule has 1 aromatic carbocycles. The highest BCUT2D eigenvalue weighted by atomic mass is 15.1. The molecule has 5 nitrogen and oxygen atoms in total. The molecule has 5 heteroatoms. The first-order valence-corrected chi connectivity index (χ1v) is 5.85. The fourth-order valence-corrected chi connectivity index (χ4v) is 1.14. The third-order valence-corrected chi connectivity index (χ3v) is 2.09. The van der Waals surface area contributed by atoms with E-state index in [1.54, 1.807) is 25.7 Å². The van der Waals surface area contributed by atoms with Crippen LogP contribution in [0, 0.1) is 0 Å². The van der Waals surface area contributed by atoms with Crippen molar-refractivity contribution in [3.05, 3.63) is 55.0 Å². The summed E-state index contributed by atoms with van der Waals surface area (Å²) < 4.78 is 0. The molecule has 0 aliphatic carbocycles. The molecule has 0 saturated carbocycles. The SMILES string of the molecule is CC=NC.c1ccc2[nH]ncc2c1.c1ccnnc1. The van der Waals surface area contributed by atoms with Crippen molar-refractivity contribution in [3.8, 4) is 0 Å². The van der Waals surface area contributed by atoms with Gasteiger partial charge in [0, 0.05) is 24.8 Å². The van der Waals surface area contributed by atoms with E-state index in [9.17, 15) is 0 Å². The van der Waals surface area contributed by atoms with Crippen molar-refractivity contribution in [1.82, 2.24) is 20.4 Å². The van der Waals surface area contributed by atoms with Crippen LogP contribution in [0.1, 0.15) is 6.92 Å². The second-order valence-corrected chi connectivity index (χ2v) is 3.39. The number of nitrogens with zero attached hydrogens (tertiary/aromatic N) is 4. The van der Waals surface area contributed by atoms with Crippen LogP contribution in [0.15, 0.2) is 60.0 Å². The highest BCUT2D eigenvalue weighted by Gasteiger charge is 1.88. The van der Waals surface area contributed by atoms with Gasteiger partial charge in [-0.25, -0.2) is 0 Å². The molecular weight excluding hydrogens is 238 g/mol. The Morgan fingerprint density at radius 1 is 1.05 bits per heavy atom. The standard InChI is InChI=1S/C7H6N2.C4H4N2.C3H7N/c1-2-4-7-6(3-1)5-8-9-7;1-2-4-6-5-3-1;1-3-4-2/h1-5H,(H,8,9);1-4H;3H,1-2H3. The van der Waals surface area contributed by atoms with Crippen LogP contribution in [-0.4, -0.2) is 33.7 Å². The summed E-state index contributed by atoms with van der Waals surface area (Å²) in [5.74, 6) is 0. The Bertz CT molecular complexity index is 513. The molecule has 3 aromatic rings. The number of H-pyrrole nitrogens is 1. The lowest BCUT2D eigenvalue weighted by atomic mass is 10.3. The molecule has 19 heavy (non-hydrogen) atoms. The third-order valence-electron chi connectivity index (χ3n) is 2.09. The van der Waals surface area contributed by atoms with Gasteiger partial charge in [-0.2, -0.15) is 15.3 Å². The summed E-state index contributed by atoms with van der Waals surface area (Å²) in [5, 5.41) is 15.0. The molecule has 0 unspecified atom stereocenters. The van der Waals surface area contributed by atoms with Gasteiger partial charge < -0.3 is 4.99 Å². The van der Waals surface area contributed by atoms with Gasteiger partial charge in [-0.05, 0) is 31.3 Å². The number of aliphatic imine (C=N–C) groups is 1. The summed E-state index contributed by atoms with van der Waals surface area (Å²) in [4.78, 5) is 3.61. The second kappa shape index (κ2) is 9.47. The summed E-state index contributed by atoms with van der Waals surface area (Å²) in [6.45, 7) is 1.89. The van der Waals surface area contributed by atoms with Crippen LogP contribution in [-0.2, 0) is 0 Å². The number of aromatic amines is 1. The van der Waals surface area contributed by atoms with E-state index in [2.05, 4.69) is 25.4 Å². The predicted octanol–water partition coefficient (Wildman–Crippen LogP) is 2.75. The summed E-state index contributed by atoms with van der Waals surface area (Å²) in [7, 11) is 1.75. The Hall–Kier alpha value is -2.56. The normalized spacial score (nSPS) is 9.37. The van der Waals surface area contributed by atoms with Crippen molar-refractivity contribution in [2.45, 2.75) is 6.92 Å². The molecule has 2 aromatic heterocycles. The molecule has 0 spiro atoms. The van der Waals surface area contributed by atoms with Crippen LogP contribution in [0.2, 0.25) is 0 Å². The topological polar surface area (TPSA) is 66.8 Å². The zero-order chi connectivity index (χ0) is 13.8. The second-order valence-electron chi connectivity index (χ2n) is 3.39. The van der Waals surface area contributed by atoms with Gasteiger partial charge >= 0.3 is 0 Å². The van der Waals surface area contributed by atoms with Crippen molar-refractivity contribution >= 4 is 17.1 Å². The van der Waals surface area contributed by atoms with Crippen molar-refractivity contribution in [1.29, 1.82) is 0 Å². The lowest BCUT2D eigenvalue weighted by Gasteiger charge is -1.81. The van der Waals surface area contributed by atoms with Crippen molar-refractivity contribution in [2.24, 2.45) is 4.99 Å². The van der Waals surface area contributed by atoms with Crippen molar-refractivity contribution in [3.63, 3.8) is 0 Å². The Kier molecular flexibility index (Phi) is 7.23. The van der Waals surface area contributed by atoms with Crippen molar-refractivity contribution < 1.29 is 0 Å². The molecule has 0 bridgehead atoms. The lowest BCUT2D eigenvalue weighted by molar-refractivity contribution is 1.03. The van der Waals surface area contributed by atoms with E-state index in [4.69, 9.17) is 0 Å². The number of rotatable bonds is 0. The molecule has 0 saturated heterocycles. The van der Waals surface area contributed by atoms with E-state index >= 15 is 0 Å². The Morgan fingerprint density at radius 2 is 1.68 bits per heavy atom. The van der Waals surface area contributed by atoms with Crippen LogP contribution in [0.4, 0.5) is 0 Å². The van der Waals surface area contributed by atoms with E-state index in [1.807, 2.05) is 49.5 Å². The number of hydrogen-bond donors (Lipinski definition) is 1. The van der Waals surface area contributed by atoms with Crippen molar-refractivity contribution in [2.75, 3.05) is 7.05 Å². The van der Waals surface area contributed by atoms with E-state index in [0.29, 0.717) is 0 Å². The number of para-hydroxylation sites is 1. The lowest BCUT2D eigenvalue weighted by Crippen LogP contribution is -1.69. The largest absolute Gasteiger partial charge is 0.301 e. The molecule has 3 rings (SSSR count). The number of fused-ring (bicyclic) bond motifs is 1. The first-order valence-electron chi connectivity index (χ1n) is 5.85. The highest BCUT2D eigenvalue weighted by molar-refractivity contribution is 5.77. The fraction of sp³-hybridized carbons (Fsp3) is 0.143. The number of nitrogens with one attached hydrogen (secondary N) is 1. The molecule has 0 atom stereocenters. The van der Waals surface area contributed by atoms with Gasteiger partial charge in [-0.3, -0.25) is 5.10 Å². The molecule has 98 valence electrons. The van der Waals surface area contributed by atoms with E-state index in [-0.39, 0.29) is 0 Å². The molecule has 0 fully saturated rings. The smallest absolute Gasteiger partial charge is 0.0650 e. The molecule has 0 aliphatic heterocycles. The highest BCUT2D eigenvalue weighted by Crippen LogP contribution is 2.06. The zero-order valence-electron chi connectivity index (χ0n) is 11.1. The van der Waals surface area contributed by atoms with Crippen LogP contribution in [0.25, 0.3) is 10.9 Å².